The lowest BCUT2D eigenvalue weighted by molar-refractivity contribution is -0.123. The Morgan fingerprint density at radius 1 is 0.238 bits per heavy atom. The summed E-state index contributed by atoms with van der Waals surface area (Å²) in [6, 6.07) is 0. The van der Waals surface area contributed by atoms with Gasteiger partial charge in [-0.05, 0) is 0 Å². The fraction of sp³-hybridized carbons (Fsp3) is 0.900. The topological polar surface area (TPSA) is 34.1 Å². The van der Waals surface area contributed by atoms with Crippen LogP contribution in [-0.2, 0) is 9.59 Å². The summed E-state index contributed by atoms with van der Waals surface area (Å²) in [7, 11) is 0. The molecule has 12 aliphatic carbocycles. The molecular weight excluding hydrogens is 981 g/mol. The second kappa shape index (κ2) is 6.62. The van der Waals surface area contributed by atoms with Crippen LogP contribution in [0.5, 0.6) is 0 Å². The zero-order chi connectivity index (χ0) is 32.2. The number of ketones is 2. The molecule has 0 aromatic rings. The molecule has 12 aliphatic rings. The lowest BCUT2D eigenvalue weighted by atomic mass is 9.41. The second-order valence-corrected chi connectivity index (χ2v) is 24.1. The monoisotopic (exact) mass is 971 g/mol. The van der Waals surface area contributed by atoms with Gasteiger partial charge in [-0.3, -0.25) is 9.59 Å². The van der Waals surface area contributed by atoms with Crippen molar-refractivity contribution < 1.29 is 9.59 Å². The van der Waals surface area contributed by atoms with E-state index in [1.165, 1.54) is 0 Å². The minimum absolute atomic E-state index is 0.690. The van der Waals surface area contributed by atoms with E-state index >= 15 is 0 Å². The van der Waals surface area contributed by atoms with Crippen molar-refractivity contribution in [2.24, 2.45) is 0 Å². The molecule has 12 saturated carbocycles. The summed E-state index contributed by atoms with van der Waals surface area (Å²) in [5.74, 6) is -1.38. The van der Waals surface area contributed by atoms with E-state index in [1.54, 1.807) is 0 Å². The lowest BCUT2D eigenvalue weighted by Gasteiger charge is -2.80. The van der Waals surface area contributed by atoms with E-state index in [-0.39, 0.29) is 0 Å². The molecule has 0 amide bonds. The highest BCUT2D eigenvalue weighted by atomic mass is 35.5. The van der Waals surface area contributed by atoms with Crippen molar-refractivity contribution in [2.75, 3.05) is 0 Å². The van der Waals surface area contributed by atoms with Crippen molar-refractivity contribution in [3.05, 3.63) is 0 Å². The third kappa shape index (κ3) is 1.46. The van der Waals surface area contributed by atoms with Gasteiger partial charge >= 0.3 is 0 Å². The van der Waals surface area contributed by atoms with Crippen molar-refractivity contribution in [3.8, 4) is 0 Å². The first-order valence-electron chi connectivity index (χ1n) is 11.2. The Morgan fingerprint density at radius 3 is 0.476 bits per heavy atom. The first-order valence-corrected chi connectivity index (χ1v) is 18.7. The Labute approximate surface area is 335 Å². The van der Waals surface area contributed by atoms with Gasteiger partial charge in [0.2, 0.25) is 0 Å². The smallest absolute Gasteiger partial charge is 0.182 e. The van der Waals surface area contributed by atoms with Gasteiger partial charge in [0, 0.05) is 0 Å². The molecule has 0 aliphatic heterocycles. The standard InChI is InChI=1S/2C10Cl10O/c2*11-2-1(21)3(12)6(15)4(2,13)8(17)5(2,14)7(3,16)9(6,18)10(8,19)20. The van der Waals surface area contributed by atoms with Crippen LogP contribution in [-0.4, -0.2) is 98.2 Å². The van der Waals surface area contributed by atoms with Crippen LogP contribution in [0.1, 0.15) is 0 Å². The predicted molar refractivity (Wildman–Crippen MR) is 176 cm³/mol. The van der Waals surface area contributed by atoms with Crippen LogP contribution < -0.4 is 0 Å². The van der Waals surface area contributed by atoms with Gasteiger partial charge in [-0.1, -0.05) is 46.4 Å². The summed E-state index contributed by atoms with van der Waals surface area (Å²) in [4.78, 5) is -4.03. The highest BCUT2D eigenvalue weighted by molar-refractivity contribution is 6.85. The predicted octanol–water partition coefficient (Wildman–Crippen LogP) is 9.24. The molecule has 232 valence electrons. The molecule has 12 fully saturated rings. The lowest BCUT2D eigenvalue weighted by Crippen LogP contribution is -3.03. The zero-order valence-electron chi connectivity index (χ0n) is 18.4. The first-order chi connectivity index (χ1) is 18.3. The summed E-state index contributed by atoms with van der Waals surface area (Å²) in [5, 5.41) is 0. The van der Waals surface area contributed by atoms with E-state index < -0.39 is 98.2 Å². The third-order valence-corrected chi connectivity index (χ3v) is 30.6. The van der Waals surface area contributed by atoms with Crippen LogP contribution in [0, 0.1) is 0 Å². The van der Waals surface area contributed by atoms with E-state index in [9.17, 15) is 9.59 Å². The third-order valence-electron chi connectivity index (χ3n) is 12.5. The molecule has 0 aromatic heterocycles. The van der Waals surface area contributed by atoms with Gasteiger partial charge < -0.3 is 0 Å². The van der Waals surface area contributed by atoms with Crippen molar-refractivity contribution in [1.82, 2.24) is 0 Å². The summed E-state index contributed by atoms with van der Waals surface area (Å²) in [6.07, 6.45) is 0. The van der Waals surface area contributed by atoms with E-state index in [4.69, 9.17) is 232 Å². The number of carbonyl (C=O) groups excluding carboxylic acids is 2. The summed E-state index contributed by atoms with van der Waals surface area (Å²) in [5.41, 5.74) is 0. The highest BCUT2D eigenvalue weighted by Crippen LogP contribution is 3.11. The summed E-state index contributed by atoms with van der Waals surface area (Å²) < 4.78 is -3.87. The van der Waals surface area contributed by atoms with Crippen molar-refractivity contribution in [2.45, 2.75) is 86.7 Å². The second-order valence-electron chi connectivity index (χ2n) is 12.3. The molecule has 8 unspecified atom stereocenters. The maximum atomic E-state index is 12.8. The molecule has 8 bridgehead atoms. The average Bonchev–Trinajstić information content (AvgIpc) is 3.29. The Hall–Kier alpha value is 5.14. The number of hydrogen-bond donors (Lipinski definition) is 0. The molecule has 42 heavy (non-hydrogen) atoms. The van der Waals surface area contributed by atoms with Gasteiger partial charge in [-0.2, -0.15) is 0 Å². The van der Waals surface area contributed by atoms with Gasteiger partial charge in [-0.25, -0.2) is 0 Å². The molecule has 0 N–H and O–H groups in total. The van der Waals surface area contributed by atoms with E-state index in [0.717, 1.165) is 0 Å². The fourth-order valence-electron chi connectivity index (χ4n) is 11.3. The van der Waals surface area contributed by atoms with Crippen LogP contribution in [0.3, 0.4) is 0 Å². The molecule has 0 heterocycles. The van der Waals surface area contributed by atoms with Crippen LogP contribution >= 0.6 is 232 Å². The molecule has 12 rings (SSSR count). The summed E-state index contributed by atoms with van der Waals surface area (Å²) in [6.45, 7) is 0. The van der Waals surface area contributed by atoms with Gasteiger partial charge in [-0.15, -0.1) is 186 Å². The van der Waals surface area contributed by atoms with Gasteiger partial charge in [0.1, 0.15) is 58.5 Å². The van der Waals surface area contributed by atoms with Crippen molar-refractivity contribution >= 4 is 244 Å². The molecule has 22 heteroatoms. The average molecular weight is 981 g/mol. The Bertz CT molecular complexity index is 1380. The minimum Gasteiger partial charge on any atom is -0.295 e. The molecule has 8 atom stereocenters. The molecule has 0 spiro atoms. The van der Waals surface area contributed by atoms with Gasteiger partial charge in [0.25, 0.3) is 0 Å². The first kappa shape index (κ1) is 33.0. The van der Waals surface area contributed by atoms with E-state index in [2.05, 4.69) is 0 Å². The van der Waals surface area contributed by atoms with E-state index in [1.807, 2.05) is 0 Å². The number of halogens is 20. The Balaban J connectivity index is 0.000000119. The van der Waals surface area contributed by atoms with Crippen LogP contribution in [0.4, 0.5) is 0 Å². The van der Waals surface area contributed by atoms with Gasteiger partial charge in [0.05, 0.1) is 0 Å². The molecule has 2 nitrogen and oxygen atoms in total. The highest BCUT2D eigenvalue weighted by Gasteiger charge is 3.32. The maximum Gasteiger partial charge on any atom is 0.182 e. The number of rotatable bonds is 0. The van der Waals surface area contributed by atoms with Crippen LogP contribution in [0.2, 0.25) is 0 Å². The number of alkyl halides is 20. The number of Topliss-reactive ketones (excluding diaryl/α,β-unsaturated/α-hetero) is 2. The molecule has 0 aromatic carbocycles. The fourth-order valence-corrected chi connectivity index (χ4v) is 28.1. The van der Waals surface area contributed by atoms with E-state index in [0.29, 0.717) is 0 Å². The summed E-state index contributed by atoms with van der Waals surface area (Å²) >= 11 is 131. The number of hydrogen-bond acceptors (Lipinski definition) is 2. The van der Waals surface area contributed by atoms with Crippen LogP contribution in [0.25, 0.3) is 0 Å². The van der Waals surface area contributed by atoms with Crippen molar-refractivity contribution in [3.63, 3.8) is 0 Å². The van der Waals surface area contributed by atoms with Gasteiger partial charge in [0.15, 0.2) is 39.7 Å². The quantitative estimate of drug-likeness (QED) is 0.227. The molecule has 0 saturated heterocycles. The van der Waals surface area contributed by atoms with Crippen LogP contribution in [0.15, 0.2) is 0 Å². The Kier molecular flexibility index (Phi) is 5.21. The zero-order valence-corrected chi connectivity index (χ0v) is 33.5. The normalized spacial score (nSPS) is 81.0. The maximum absolute atomic E-state index is 12.8. The molecular formula is C20Cl20O2. The largest absolute Gasteiger partial charge is 0.295 e. The number of carbonyl (C=O) groups is 2. The Morgan fingerprint density at radius 2 is 0.357 bits per heavy atom. The SMILES string of the molecule is O=C1C2(Cl)C3(Cl)C4(Cl)C(Cl)(Cl)C5(Cl)C3(Cl)C1(Cl)C5(Cl)C24Cl.O=C1C2(Cl)C3(Cl)C4(Cl)C(Cl)(Cl)C5(Cl)C3(Cl)C1(Cl)C5(Cl)C24Cl. The molecule has 0 radical (unpaired) electrons. The van der Waals surface area contributed by atoms with Crippen molar-refractivity contribution in [1.29, 1.82) is 0 Å². The minimum atomic E-state index is -1.94.